The second-order valence-corrected chi connectivity index (χ2v) is 5.78. The molecule has 3 nitrogen and oxygen atoms in total. The standard InChI is InChI=1S/C18H19NO2.C2H3F3.2C2H6/c1-3-4-6-14(2)12-19-10-9-17(13-19)15-7-5-8-16(11-15)18(20)21;1-2(3,4)5;2*1-2/h3-11,13H,12H2,1-2H3,(H,20,21);1H3;2*1-2H3/b4-3-,14-6-;;;. The molecule has 6 heteroatoms. The molecule has 0 spiro atoms. The fraction of sp³-hybridized carbons (Fsp3) is 0.375. The molecule has 0 aliphatic rings. The van der Waals surface area contributed by atoms with Crippen LogP contribution in [0.25, 0.3) is 11.1 Å². The van der Waals surface area contributed by atoms with Gasteiger partial charge in [0, 0.05) is 25.9 Å². The second kappa shape index (κ2) is 16.1. The van der Waals surface area contributed by atoms with Gasteiger partial charge in [0.25, 0.3) is 0 Å². The lowest BCUT2D eigenvalue weighted by molar-refractivity contribution is -0.110. The quantitative estimate of drug-likeness (QED) is 0.493. The summed E-state index contributed by atoms with van der Waals surface area (Å²) >= 11 is 0. The molecule has 0 aliphatic carbocycles. The Bertz CT molecular complexity index is 782. The molecular formula is C24H34F3NO2. The number of hydrogen-bond donors (Lipinski definition) is 1. The van der Waals surface area contributed by atoms with Crippen molar-refractivity contribution in [2.24, 2.45) is 0 Å². The minimum atomic E-state index is -4.00. The Morgan fingerprint density at radius 3 is 2.17 bits per heavy atom. The van der Waals surface area contributed by atoms with E-state index < -0.39 is 12.1 Å². The van der Waals surface area contributed by atoms with Gasteiger partial charge in [-0.15, -0.1) is 0 Å². The Morgan fingerprint density at radius 1 is 1.10 bits per heavy atom. The van der Waals surface area contributed by atoms with Crippen LogP contribution in [0.4, 0.5) is 13.2 Å². The van der Waals surface area contributed by atoms with Gasteiger partial charge in [0.1, 0.15) is 0 Å². The first kappa shape index (κ1) is 29.4. The number of carboxylic acid groups (broad SMARTS) is 1. The summed E-state index contributed by atoms with van der Waals surface area (Å²) in [6, 6.07) is 9.00. The summed E-state index contributed by atoms with van der Waals surface area (Å²) in [5, 5.41) is 9.04. The van der Waals surface area contributed by atoms with Crippen molar-refractivity contribution >= 4 is 5.97 Å². The molecule has 0 saturated heterocycles. The monoisotopic (exact) mass is 425 g/mol. The lowest BCUT2D eigenvalue weighted by Crippen LogP contribution is -1.96. The second-order valence-electron chi connectivity index (χ2n) is 5.78. The average Bonchev–Trinajstić information content (AvgIpc) is 3.17. The van der Waals surface area contributed by atoms with E-state index in [4.69, 9.17) is 5.11 Å². The number of alkyl halides is 3. The molecular weight excluding hydrogens is 391 g/mol. The number of hydrogen-bond acceptors (Lipinski definition) is 1. The summed E-state index contributed by atoms with van der Waals surface area (Å²) < 4.78 is 33.2. The van der Waals surface area contributed by atoms with E-state index in [9.17, 15) is 18.0 Å². The van der Waals surface area contributed by atoms with Crippen molar-refractivity contribution in [2.75, 3.05) is 0 Å². The molecule has 0 radical (unpaired) electrons. The number of nitrogens with zero attached hydrogens (tertiary/aromatic N) is 1. The van der Waals surface area contributed by atoms with Crippen molar-refractivity contribution in [1.82, 2.24) is 4.57 Å². The zero-order valence-electron chi connectivity index (χ0n) is 18.9. The highest BCUT2D eigenvalue weighted by molar-refractivity contribution is 5.89. The van der Waals surface area contributed by atoms with E-state index in [2.05, 4.69) is 17.6 Å². The Balaban J connectivity index is 0. The molecule has 168 valence electrons. The summed E-state index contributed by atoms with van der Waals surface area (Å²) in [6.45, 7) is 13.1. The van der Waals surface area contributed by atoms with E-state index in [1.807, 2.05) is 71.3 Å². The maximum atomic E-state index is 11.0. The van der Waals surface area contributed by atoms with Crippen LogP contribution in [0.3, 0.4) is 0 Å². The van der Waals surface area contributed by atoms with Gasteiger partial charge in [-0.1, -0.05) is 63.6 Å². The minimum absolute atomic E-state index is 0.188. The maximum absolute atomic E-state index is 11.0. The molecule has 0 atom stereocenters. The number of rotatable bonds is 5. The topological polar surface area (TPSA) is 42.2 Å². The number of aromatic nitrogens is 1. The van der Waals surface area contributed by atoms with Gasteiger partial charge < -0.3 is 9.67 Å². The van der Waals surface area contributed by atoms with E-state index >= 15 is 0 Å². The highest BCUT2D eigenvalue weighted by Crippen LogP contribution is 2.21. The molecule has 1 aromatic heterocycles. The smallest absolute Gasteiger partial charge is 0.386 e. The van der Waals surface area contributed by atoms with Crippen molar-refractivity contribution in [3.8, 4) is 11.1 Å². The summed E-state index contributed by atoms with van der Waals surface area (Å²) in [7, 11) is 0. The maximum Gasteiger partial charge on any atom is 0.386 e. The molecule has 2 rings (SSSR count). The molecule has 30 heavy (non-hydrogen) atoms. The van der Waals surface area contributed by atoms with E-state index in [-0.39, 0.29) is 6.92 Å². The van der Waals surface area contributed by atoms with E-state index in [1.165, 1.54) is 5.57 Å². The normalized spacial score (nSPS) is 10.8. The number of halogens is 3. The molecule has 2 aromatic rings. The Morgan fingerprint density at radius 2 is 1.67 bits per heavy atom. The van der Waals surface area contributed by atoms with Crippen LogP contribution in [0.5, 0.6) is 0 Å². The van der Waals surface area contributed by atoms with E-state index in [1.54, 1.807) is 18.2 Å². The van der Waals surface area contributed by atoms with Crippen molar-refractivity contribution in [3.63, 3.8) is 0 Å². The van der Waals surface area contributed by atoms with Crippen LogP contribution in [-0.4, -0.2) is 21.8 Å². The van der Waals surface area contributed by atoms with Crippen molar-refractivity contribution in [2.45, 2.75) is 61.2 Å². The van der Waals surface area contributed by atoms with Gasteiger partial charge in [-0.3, -0.25) is 0 Å². The summed E-state index contributed by atoms with van der Waals surface area (Å²) in [6.07, 6.45) is 6.16. The SMILES string of the molecule is C/C=C\C=C(\C)Cn1ccc(-c2cccc(C(=O)O)c2)c1.CC.CC.CC(F)(F)F. The summed E-state index contributed by atoms with van der Waals surface area (Å²) in [5.74, 6) is -0.901. The number of carbonyl (C=O) groups is 1. The van der Waals surface area contributed by atoms with Gasteiger partial charge in [-0.2, -0.15) is 13.2 Å². The molecule has 1 N–H and O–H groups in total. The molecule has 1 aromatic carbocycles. The van der Waals surface area contributed by atoms with Crippen LogP contribution in [-0.2, 0) is 6.54 Å². The Hall–Kier alpha value is -2.76. The zero-order chi connectivity index (χ0) is 23.7. The van der Waals surface area contributed by atoms with E-state index in [0.29, 0.717) is 5.56 Å². The first-order valence-corrected chi connectivity index (χ1v) is 9.95. The van der Waals surface area contributed by atoms with Crippen LogP contribution >= 0.6 is 0 Å². The predicted octanol–water partition coefficient (Wildman–Crippen LogP) is 8.00. The highest BCUT2D eigenvalue weighted by Gasteiger charge is 2.15. The first-order chi connectivity index (χ1) is 14.1. The van der Waals surface area contributed by atoms with Gasteiger partial charge in [-0.05, 0) is 43.2 Å². The molecule has 0 bridgehead atoms. The Labute approximate surface area is 178 Å². The van der Waals surface area contributed by atoms with Crippen LogP contribution in [0, 0.1) is 0 Å². The van der Waals surface area contributed by atoms with Gasteiger partial charge in [0.15, 0.2) is 0 Å². The fourth-order valence-corrected chi connectivity index (χ4v) is 2.14. The zero-order valence-corrected chi connectivity index (χ0v) is 18.9. The third kappa shape index (κ3) is 14.3. The molecule has 0 aliphatic heterocycles. The third-order valence-corrected chi connectivity index (χ3v) is 3.20. The predicted molar refractivity (Wildman–Crippen MR) is 120 cm³/mol. The largest absolute Gasteiger partial charge is 0.478 e. The molecule has 1 heterocycles. The molecule has 0 fully saturated rings. The van der Waals surface area contributed by atoms with Crippen LogP contribution in [0.2, 0.25) is 0 Å². The lowest BCUT2D eigenvalue weighted by atomic mass is 10.1. The van der Waals surface area contributed by atoms with Crippen LogP contribution in [0.15, 0.2) is 66.5 Å². The molecule has 0 amide bonds. The first-order valence-electron chi connectivity index (χ1n) is 9.95. The lowest BCUT2D eigenvalue weighted by Gasteiger charge is -2.03. The molecule has 0 saturated carbocycles. The van der Waals surface area contributed by atoms with Gasteiger partial charge in [-0.25, -0.2) is 4.79 Å². The third-order valence-electron chi connectivity index (χ3n) is 3.20. The van der Waals surface area contributed by atoms with Crippen molar-refractivity contribution < 1.29 is 23.1 Å². The Kier molecular flexibility index (Phi) is 15.8. The fourth-order valence-electron chi connectivity index (χ4n) is 2.14. The molecule has 0 unspecified atom stereocenters. The number of carboxylic acids is 1. The number of allylic oxidation sites excluding steroid dienone is 4. The minimum Gasteiger partial charge on any atom is -0.478 e. The summed E-state index contributed by atoms with van der Waals surface area (Å²) in [4.78, 5) is 11.0. The van der Waals surface area contributed by atoms with Crippen molar-refractivity contribution in [3.05, 3.63) is 72.1 Å². The van der Waals surface area contributed by atoms with Crippen LogP contribution in [0.1, 0.15) is 58.8 Å². The number of benzene rings is 1. The van der Waals surface area contributed by atoms with Gasteiger partial charge in [0.05, 0.1) is 5.56 Å². The highest BCUT2D eigenvalue weighted by atomic mass is 19.4. The van der Waals surface area contributed by atoms with Gasteiger partial charge in [0.2, 0.25) is 0 Å². The van der Waals surface area contributed by atoms with Crippen LogP contribution < -0.4 is 0 Å². The average molecular weight is 426 g/mol. The number of aromatic carboxylic acids is 1. The summed E-state index contributed by atoms with van der Waals surface area (Å²) in [5.41, 5.74) is 3.51. The van der Waals surface area contributed by atoms with Crippen molar-refractivity contribution in [1.29, 1.82) is 0 Å². The van der Waals surface area contributed by atoms with Gasteiger partial charge >= 0.3 is 12.1 Å². The van der Waals surface area contributed by atoms with E-state index in [0.717, 1.165) is 17.7 Å².